The van der Waals surface area contributed by atoms with Gasteiger partial charge in [0.15, 0.2) is 0 Å². The van der Waals surface area contributed by atoms with Crippen LogP contribution in [0.15, 0.2) is 89.7 Å². The summed E-state index contributed by atoms with van der Waals surface area (Å²) in [7, 11) is -4.02. The number of piperazine rings is 1. The summed E-state index contributed by atoms with van der Waals surface area (Å²) < 4.78 is 41.9. The molecule has 0 aliphatic carbocycles. The molecule has 33 heavy (non-hydrogen) atoms. The lowest BCUT2D eigenvalue weighted by Gasteiger charge is -2.36. The summed E-state index contributed by atoms with van der Waals surface area (Å²) in [5, 5.41) is 1.87. The minimum atomic E-state index is -4.02. The van der Waals surface area contributed by atoms with Crippen molar-refractivity contribution in [2.24, 2.45) is 10.5 Å². The fourth-order valence-corrected chi connectivity index (χ4v) is 4.54. The Bertz CT molecular complexity index is 1060. The van der Waals surface area contributed by atoms with Gasteiger partial charge in [0.2, 0.25) is 5.96 Å². The zero-order chi connectivity index (χ0) is 23.1. The maximum absolute atomic E-state index is 13.5. The van der Waals surface area contributed by atoms with E-state index in [1.807, 2.05) is 17.1 Å². The summed E-state index contributed by atoms with van der Waals surface area (Å²) in [6, 6.07) is 23.7. The molecular formula is C23H25FN5O3P. The van der Waals surface area contributed by atoms with Crippen LogP contribution >= 0.6 is 7.75 Å². The quantitative estimate of drug-likeness (QED) is 0.307. The van der Waals surface area contributed by atoms with Crippen LogP contribution in [0.3, 0.4) is 0 Å². The van der Waals surface area contributed by atoms with Crippen molar-refractivity contribution < 1.29 is 18.0 Å². The van der Waals surface area contributed by atoms with E-state index in [1.165, 1.54) is 12.1 Å². The molecule has 0 bridgehead atoms. The van der Waals surface area contributed by atoms with Gasteiger partial charge in [-0.2, -0.15) is 0 Å². The molecule has 1 aliphatic heterocycles. The van der Waals surface area contributed by atoms with E-state index in [9.17, 15) is 8.96 Å². The Morgan fingerprint density at radius 2 is 1.36 bits per heavy atom. The first-order chi connectivity index (χ1) is 16.0. The molecule has 0 saturated carbocycles. The highest BCUT2D eigenvalue weighted by molar-refractivity contribution is 7.53. The first-order valence-corrected chi connectivity index (χ1v) is 12.0. The van der Waals surface area contributed by atoms with Crippen LogP contribution < -0.4 is 25.1 Å². The summed E-state index contributed by atoms with van der Waals surface area (Å²) in [4.78, 5) is 2.15. The Balaban J connectivity index is 1.42. The number of halogens is 1. The van der Waals surface area contributed by atoms with E-state index in [0.29, 0.717) is 37.7 Å². The molecule has 3 aromatic carbocycles. The normalized spacial score (nSPS) is 15.2. The summed E-state index contributed by atoms with van der Waals surface area (Å²) in [5.41, 5.74) is 9.99. The number of para-hydroxylation sites is 2. The van der Waals surface area contributed by atoms with E-state index in [1.54, 1.807) is 60.7 Å². The standard InChI is InChI=1S/C23H25FN5O3P/c24-19-11-13-20(14-12-19)28-15-17-29(18-16-28)26-23(25)27-33(30,31-21-7-3-1-4-8-21)32-22-9-5-2-6-10-22/h1-14H,15-18H2,(H3,25,26,27,30). The smallest absolute Gasteiger partial charge is 0.399 e. The number of nitrogens with zero attached hydrogens (tertiary/aromatic N) is 3. The second kappa shape index (κ2) is 10.4. The molecule has 0 spiro atoms. The summed E-state index contributed by atoms with van der Waals surface area (Å²) in [5.74, 6) is 0.353. The van der Waals surface area contributed by atoms with Gasteiger partial charge < -0.3 is 19.7 Å². The van der Waals surface area contributed by atoms with Crippen LogP contribution in [0.5, 0.6) is 11.5 Å². The van der Waals surface area contributed by atoms with Gasteiger partial charge in [0.25, 0.3) is 0 Å². The van der Waals surface area contributed by atoms with Crippen molar-refractivity contribution in [1.82, 2.24) is 10.4 Å². The van der Waals surface area contributed by atoms with Gasteiger partial charge in [-0.3, -0.25) is 5.43 Å². The Hall–Kier alpha value is -3.55. The zero-order valence-corrected chi connectivity index (χ0v) is 18.8. The van der Waals surface area contributed by atoms with E-state index < -0.39 is 7.75 Å². The van der Waals surface area contributed by atoms with E-state index in [-0.39, 0.29) is 11.8 Å². The summed E-state index contributed by atoms with van der Waals surface area (Å²) in [6.07, 6.45) is 0. The number of hydrogen-bond donors (Lipinski definition) is 2. The lowest BCUT2D eigenvalue weighted by molar-refractivity contribution is 0.220. The average Bonchev–Trinajstić information content (AvgIpc) is 2.81. The van der Waals surface area contributed by atoms with Crippen LogP contribution in [0.4, 0.5) is 10.1 Å². The molecule has 0 aromatic heterocycles. The van der Waals surface area contributed by atoms with Gasteiger partial charge in [-0.05, 0) is 48.5 Å². The largest absolute Gasteiger partial charge is 0.566 e. The van der Waals surface area contributed by atoms with Crippen molar-refractivity contribution in [2.75, 3.05) is 31.1 Å². The summed E-state index contributed by atoms with van der Waals surface area (Å²) in [6.45, 7) is 2.64. The maximum atomic E-state index is 13.5. The molecule has 0 radical (unpaired) electrons. The predicted molar refractivity (Wildman–Crippen MR) is 127 cm³/mol. The third-order valence-corrected chi connectivity index (χ3v) is 6.25. The fraction of sp³-hybridized carbons (Fsp3) is 0.174. The molecule has 10 heteroatoms. The first-order valence-electron chi connectivity index (χ1n) is 10.5. The van der Waals surface area contributed by atoms with Gasteiger partial charge in [0, 0.05) is 31.9 Å². The number of guanidine groups is 1. The van der Waals surface area contributed by atoms with Crippen molar-refractivity contribution >= 4 is 19.4 Å². The molecule has 1 fully saturated rings. The topological polar surface area (TPSA) is 92.4 Å². The van der Waals surface area contributed by atoms with Crippen molar-refractivity contribution in [3.05, 3.63) is 90.7 Å². The molecule has 0 atom stereocenters. The third-order valence-electron chi connectivity index (χ3n) is 4.90. The van der Waals surface area contributed by atoms with Crippen LogP contribution in [0, 0.1) is 5.82 Å². The molecule has 8 nitrogen and oxygen atoms in total. The lowest BCUT2D eigenvalue weighted by atomic mass is 10.2. The average molecular weight is 469 g/mol. The first kappa shape index (κ1) is 22.6. The van der Waals surface area contributed by atoms with Crippen molar-refractivity contribution in [2.45, 2.75) is 0 Å². The molecule has 172 valence electrons. The third kappa shape index (κ3) is 6.47. The molecule has 3 N–H and O–H groups in total. The Kier molecular flexibility index (Phi) is 7.12. The highest BCUT2D eigenvalue weighted by Crippen LogP contribution is 2.49. The highest BCUT2D eigenvalue weighted by atomic mass is 31.2. The molecule has 0 unspecified atom stereocenters. The fourth-order valence-electron chi connectivity index (χ4n) is 3.33. The second-order valence-corrected chi connectivity index (χ2v) is 8.83. The van der Waals surface area contributed by atoms with Gasteiger partial charge in [0.05, 0.1) is 0 Å². The SMILES string of the molecule is N/C(=N\P(=O)(Oc1ccccc1)Oc1ccccc1)NN1CCN(c2ccc(F)cc2)CC1. The van der Waals surface area contributed by atoms with Crippen molar-refractivity contribution in [3.8, 4) is 11.5 Å². The Labute approximate surface area is 192 Å². The van der Waals surface area contributed by atoms with Gasteiger partial charge in [0.1, 0.15) is 17.3 Å². The molecular weight excluding hydrogens is 444 g/mol. The van der Waals surface area contributed by atoms with E-state index >= 15 is 0 Å². The molecule has 1 aliphatic rings. The minimum absolute atomic E-state index is 0.0829. The van der Waals surface area contributed by atoms with E-state index in [2.05, 4.69) is 15.1 Å². The van der Waals surface area contributed by atoms with Crippen LogP contribution in [0.25, 0.3) is 0 Å². The van der Waals surface area contributed by atoms with E-state index in [0.717, 1.165) is 5.69 Å². The highest BCUT2D eigenvalue weighted by Gasteiger charge is 2.29. The van der Waals surface area contributed by atoms with Crippen LogP contribution in [-0.2, 0) is 4.57 Å². The molecule has 0 amide bonds. The molecule has 3 aromatic rings. The number of benzene rings is 3. The zero-order valence-electron chi connectivity index (χ0n) is 17.9. The number of anilines is 1. The van der Waals surface area contributed by atoms with Gasteiger partial charge >= 0.3 is 7.75 Å². The number of hydrogen-bond acceptors (Lipinski definition) is 5. The minimum Gasteiger partial charge on any atom is -0.399 e. The van der Waals surface area contributed by atoms with Gasteiger partial charge in [-0.25, -0.2) is 14.0 Å². The predicted octanol–water partition coefficient (Wildman–Crippen LogP) is 4.03. The number of rotatable bonds is 7. The van der Waals surface area contributed by atoms with Gasteiger partial charge in [-0.1, -0.05) is 36.4 Å². The van der Waals surface area contributed by atoms with Gasteiger partial charge in [-0.15, -0.1) is 4.76 Å². The Morgan fingerprint density at radius 1 is 0.848 bits per heavy atom. The molecule has 4 rings (SSSR count). The molecule has 1 heterocycles. The summed E-state index contributed by atoms with van der Waals surface area (Å²) >= 11 is 0. The molecule has 1 saturated heterocycles. The lowest BCUT2D eigenvalue weighted by Crippen LogP contribution is -2.55. The second-order valence-electron chi connectivity index (χ2n) is 7.32. The number of nitrogens with two attached hydrogens (primary N) is 1. The monoisotopic (exact) mass is 469 g/mol. The van der Waals surface area contributed by atoms with Crippen LogP contribution in [0.2, 0.25) is 0 Å². The number of nitrogens with one attached hydrogen (secondary N) is 1. The van der Waals surface area contributed by atoms with Crippen molar-refractivity contribution in [1.29, 1.82) is 0 Å². The number of hydrazine groups is 1. The van der Waals surface area contributed by atoms with Crippen molar-refractivity contribution in [3.63, 3.8) is 0 Å². The maximum Gasteiger partial charge on any atom is 0.566 e. The van der Waals surface area contributed by atoms with Crippen LogP contribution in [-0.4, -0.2) is 37.1 Å². The Morgan fingerprint density at radius 3 is 1.88 bits per heavy atom. The van der Waals surface area contributed by atoms with E-state index in [4.69, 9.17) is 14.8 Å². The van der Waals surface area contributed by atoms with Crippen LogP contribution in [0.1, 0.15) is 0 Å².